The lowest BCUT2D eigenvalue weighted by atomic mass is 10.2. The highest BCUT2D eigenvalue weighted by Crippen LogP contribution is 2.39. The molecule has 0 aliphatic carbocycles. The van der Waals surface area contributed by atoms with E-state index in [1.807, 2.05) is 0 Å². The fourth-order valence-corrected chi connectivity index (χ4v) is 3.59. The molecule has 1 fully saturated rings. The highest BCUT2D eigenvalue weighted by atomic mass is 28.4. The van der Waals surface area contributed by atoms with Crippen LogP contribution in [0, 0.1) is 0 Å². The van der Waals surface area contributed by atoms with Crippen molar-refractivity contribution < 1.29 is 23.9 Å². The maximum absolute atomic E-state index is 12.3. The van der Waals surface area contributed by atoms with Gasteiger partial charge in [-0.2, -0.15) is 0 Å². The molecule has 0 radical (unpaired) electrons. The average Bonchev–Trinajstić information content (AvgIpc) is 2.68. The van der Waals surface area contributed by atoms with Gasteiger partial charge >= 0.3 is 12.1 Å². The summed E-state index contributed by atoms with van der Waals surface area (Å²) in [4.78, 5) is 25.1. The molecule has 1 amide bonds. The lowest BCUT2D eigenvalue weighted by Crippen LogP contribution is -2.45. The molecule has 1 rings (SSSR count). The van der Waals surface area contributed by atoms with Crippen LogP contribution in [0.15, 0.2) is 0 Å². The minimum Gasteiger partial charge on any atom is -0.480 e. The highest BCUT2D eigenvalue weighted by Gasteiger charge is 2.46. The van der Waals surface area contributed by atoms with Gasteiger partial charge in [0.15, 0.2) is 8.32 Å². The second-order valence-corrected chi connectivity index (χ2v) is 13.5. The number of carboxylic acids is 1. The van der Waals surface area contributed by atoms with Crippen LogP contribution < -0.4 is 0 Å². The molecule has 1 aliphatic heterocycles. The summed E-state index contributed by atoms with van der Waals surface area (Å²) in [5, 5.41) is 9.45. The first-order valence-corrected chi connectivity index (χ1v) is 10.9. The zero-order chi connectivity index (χ0) is 18.2. The van der Waals surface area contributed by atoms with E-state index in [2.05, 4.69) is 33.9 Å². The predicted octanol–water partition coefficient (Wildman–Crippen LogP) is 3.47. The minimum absolute atomic E-state index is 0.0328. The summed E-state index contributed by atoms with van der Waals surface area (Å²) < 4.78 is 11.6. The van der Waals surface area contributed by atoms with E-state index >= 15 is 0 Å². The molecule has 0 aromatic heterocycles. The molecule has 7 heteroatoms. The Bertz CT molecular complexity index is 464. The molecule has 0 saturated carbocycles. The molecule has 1 saturated heterocycles. The number of ether oxygens (including phenoxy) is 1. The number of aliphatic carboxylic acids is 1. The van der Waals surface area contributed by atoms with Gasteiger partial charge in [-0.25, -0.2) is 9.59 Å². The summed E-state index contributed by atoms with van der Waals surface area (Å²) in [6.45, 7) is 16.2. The van der Waals surface area contributed by atoms with E-state index in [1.54, 1.807) is 20.8 Å². The molecule has 0 aromatic carbocycles. The third-order valence-electron chi connectivity index (χ3n) is 4.44. The number of amides is 1. The predicted molar refractivity (Wildman–Crippen MR) is 91.1 cm³/mol. The van der Waals surface area contributed by atoms with Gasteiger partial charge in [-0.15, -0.1) is 0 Å². The Balaban J connectivity index is 2.87. The van der Waals surface area contributed by atoms with E-state index in [1.165, 1.54) is 4.90 Å². The van der Waals surface area contributed by atoms with E-state index in [9.17, 15) is 14.7 Å². The molecular weight excluding hydrogens is 314 g/mol. The standard InChI is InChI=1S/C16H31NO5Si/c1-15(2,3)21-14(20)17-10-11(9-12(17)13(18)19)22-23(7,8)16(4,5)6/h11-12H,9-10H2,1-8H3,(H,18,19)/t11-,12+/m0/s1. The van der Waals surface area contributed by atoms with E-state index in [0.717, 1.165) is 0 Å². The Morgan fingerprint density at radius 3 is 2.04 bits per heavy atom. The third kappa shape index (κ3) is 5.21. The monoisotopic (exact) mass is 345 g/mol. The molecule has 1 heterocycles. The molecule has 1 N–H and O–H groups in total. The highest BCUT2D eigenvalue weighted by molar-refractivity contribution is 6.74. The summed E-state index contributed by atoms with van der Waals surface area (Å²) in [7, 11) is -2.02. The van der Waals surface area contributed by atoms with Crippen LogP contribution in [0.5, 0.6) is 0 Å². The van der Waals surface area contributed by atoms with E-state index in [-0.39, 0.29) is 17.7 Å². The Hall–Kier alpha value is -1.08. The second kappa shape index (κ2) is 6.43. The van der Waals surface area contributed by atoms with Gasteiger partial charge in [0.1, 0.15) is 11.6 Å². The fraction of sp³-hybridized carbons (Fsp3) is 0.875. The van der Waals surface area contributed by atoms with Crippen molar-refractivity contribution in [1.29, 1.82) is 0 Å². The fourth-order valence-electron chi connectivity index (χ4n) is 2.23. The average molecular weight is 346 g/mol. The van der Waals surface area contributed by atoms with E-state index < -0.39 is 32.0 Å². The normalized spacial score (nSPS) is 23.0. The smallest absolute Gasteiger partial charge is 0.411 e. The van der Waals surface area contributed by atoms with Gasteiger partial charge in [-0.05, 0) is 38.9 Å². The minimum atomic E-state index is -2.02. The number of carbonyl (C=O) groups is 2. The lowest BCUT2D eigenvalue weighted by Gasteiger charge is -2.38. The van der Waals surface area contributed by atoms with Crippen LogP contribution in [0.25, 0.3) is 0 Å². The quantitative estimate of drug-likeness (QED) is 0.793. The first-order chi connectivity index (χ1) is 10.1. The van der Waals surface area contributed by atoms with E-state index in [0.29, 0.717) is 6.42 Å². The number of carbonyl (C=O) groups excluding carboxylic acids is 1. The van der Waals surface area contributed by atoms with Crippen LogP contribution in [0.2, 0.25) is 18.1 Å². The molecule has 0 unspecified atom stereocenters. The maximum Gasteiger partial charge on any atom is 0.411 e. The third-order valence-corrected chi connectivity index (χ3v) is 8.98. The molecule has 0 aromatic rings. The summed E-state index contributed by atoms with van der Waals surface area (Å²) >= 11 is 0. The zero-order valence-corrected chi connectivity index (χ0v) is 16.6. The van der Waals surface area contributed by atoms with Gasteiger partial charge < -0.3 is 14.3 Å². The van der Waals surface area contributed by atoms with Crippen LogP contribution in [0.4, 0.5) is 4.79 Å². The summed E-state index contributed by atoms with van der Waals surface area (Å²) in [5.41, 5.74) is -0.654. The van der Waals surface area contributed by atoms with Gasteiger partial charge in [0.05, 0.1) is 6.10 Å². The van der Waals surface area contributed by atoms with Crippen molar-refractivity contribution >= 4 is 20.4 Å². The summed E-state index contributed by atoms with van der Waals surface area (Å²) in [6, 6.07) is -0.889. The van der Waals surface area contributed by atoms with Gasteiger partial charge in [-0.3, -0.25) is 4.90 Å². The van der Waals surface area contributed by atoms with Crippen LogP contribution in [-0.4, -0.2) is 54.7 Å². The van der Waals surface area contributed by atoms with Crippen LogP contribution in [0.3, 0.4) is 0 Å². The van der Waals surface area contributed by atoms with Crippen molar-refractivity contribution in [3.05, 3.63) is 0 Å². The number of nitrogens with zero attached hydrogens (tertiary/aromatic N) is 1. The molecule has 0 bridgehead atoms. The molecule has 0 spiro atoms. The van der Waals surface area contributed by atoms with Crippen molar-refractivity contribution in [2.75, 3.05) is 6.54 Å². The molecule has 134 valence electrons. The Morgan fingerprint density at radius 1 is 1.13 bits per heavy atom. The van der Waals surface area contributed by atoms with Gasteiger partial charge in [0.2, 0.25) is 0 Å². The SMILES string of the molecule is CC(C)(C)OC(=O)N1C[C@@H](O[Si](C)(C)C(C)(C)C)C[C@@H]1C(=O)O. The first-order valence-electron chi connectivity index (χ1n) is 8.04. The van der Waals surface area contributed by atoms with Gasteiger partial charge in [0, 0.05) is 13.0 Å². The van der Waals surface area contributed by atoms with Crippen molar-refractivity contribution in [2.45, 2.75) is 83.8 Å². The maximum atomic E-state index is 12.3. The number of hydrogen-bond acceptors (Lipinski definition) is 4. The molecular formula is C16H31NO5Si. The number of likely N-dealkylation sites (tertiary alicyclic amines) is 1. The number of hydrogen-bond donors (Lipinski definition) is 1. The Kier molecular flexibility index (Phi) is 5.58. The number of rotatable bonds is 3. The summed E-state index contributed by atoms with van der Waals surface area (Å²) in [5.74, 6) is -1.02. The second-order valence-electron chi connectivity index (χ2n) is 8.72. The summed E-state index contributed by atoms with van der Waals surface area (Å²) in [6.07, 6.45) is -0.545. The van der Waals surface area contributed by atoms with E-state index in [4.69, 9.17) is 9.16 Å². The van der Waals surface area contributed by atoms with Gasteiger partial charge in [0.25, 0.3) is 0 Å². The Labute approximate surface area is 140 Å². The van der Waals surface area contributed by atoms with Crippen molar-refractivity contribution in [3.63, 3.8) is 0 Å². The van der Waals surface area contributed by atoms with Crippen LogP contribution in [0.1, 0.15) is 48.0 Å². The number of carboxylic acid groups (broad SMARTS) is 1. The first kappa shape index (κ1) is 20.0. The molecule has 23 heavy (non-hydrogen) atoms. The lowest BCUT2D eigenvalue weighted by molar-refractivity contribution is -0.142. The van der Waals surface area contributed by atoms with Crippen molar-refractivity contribution in [3.8, 4) is 0 Å². The van der Waals surface area contributed by atoms with Crippen molar-refractivity contribution in [1.82, 2.24) is 4.90 Å². The topological polar surface area (TPSA) is 76.1 Å². The molecule has 1 aliphatic rings. The zero-order valence-electron chi connectivity index (χ0n) is 15.6. The van der Waals surface area contributed by atoms with Crippen LogP contribution in [-0.2, 0) is 14.0 Å². The van der Waals surface area contributed by atoms with Crippen molar-refractivity contribution in [2.24, 2.45) is 0 Å². The Morgan fingerprint density at radius 2 is 1.65 bits per heavy atom. The molecule has 6 nitrogen and oxygen atoms in total. The van der Waals surface area contributed by atoms with Gasteiger partial charge in [-0.1, -0.05) is 20.8 Å². The molecule has 2 atom stereocenters. The largest absolute Gasteiger partial charge is 0.480 e. The van der Waals surface area contributed by atoms with Crippen LogP contribution >= 0.6 is 0 Å².